The summed E-state index contributed by atoms with van der Waals surface area (Å²) in [5.41, 5.74) is 0.465. The zero-order chi connectivity index (χ0) is 12.8. The lowest BCUT2D eigenvalue weighted by molar-refractivity contribution is 0.180. The van der Waals surface area contributed by atoms with Crippen molar-refractivity contribution in [2.75, 3.05) is 26.2 Å². The van der Waals surface area contributed by atoms with Gasteiger partial charge in [-0.2, -0.15) is 0 Å². The van der Waals surface area contributed by atoms with Gasteiger partial charge in [-0.3, -0.25) is 4.90 Å². The third-order valence-corrected chi connectivity index (χ3v) is 3.49. The first-order valence-corrected chi connectivity index (χ1v) is 6.79. The van der Waals surface area contributed by atoms with Crippen LogP contribution in [0.1, 0.15) is 25.0 Å². The van der Waals surface area contributed by atoms with E-state index in [2.05, 4.69) is 9.88 Å². The van der Waals surface area contributed by atoms with Crippen molar-refractivity contribution in [1.82, 2.24) is 9.88 Å². The molecule has 18 heavy (non-hydrogen) atoms. The molecule has 0 unspecified atom stereocenters. The molecule has 1 N–H and O–H groups in total. The molecule has 1 aromatic rings. The molecule has 2 rings (SSSR count). The van der Waals surface area contributed by atoms with E-state index in [1.807, 2.05) is 0 Å². The number of piperidine rings is 1. The molecule has 0 aromatic carbocycles. The highest BCUT2D eigenvalue weighted by Gasteiger charge is 2.10. The predicted molar refractivity (Wildman–Crippen MR) is 71.0 cm³/mol. The van der Waals surface area contributed by atoms with Gasteiger partial charge in [-0.1, -0.05) is 18.0 Å². The molecule has 1 aliphatic heterocycles. The summed E-state index contributed by atoms with van der Waals surface area (Å²) in [6.07, 6.45) is 3.91. The van der Waals surface area contributed by atoms with E-state index in [1.54, 1.807) is 12.1 Å². The van der Waals surface area contributed by atoms with Gasteiger partial charge in [-0.05, 0) is 32.0 Å². The normalized spacial score (nSPS) is 16.8. The van der Waals surface area contributed by atoms with Crippen molar-refractivity contribution >= 4 is 11.6 Å². The molecule has 1 saturated heterocycles. The van der Waals surface area contributed by atoms with Crippen LogP contribution in [0.2, 0.25) is 5.02 Å². The predicted octanol–water partition coefficient (Wildman–Crippen LogP) is 2.09. The molecule has 0 atom stereocenters. The Bertz CT molecular complexity index is 381. The Balaban J connectivity index is 1.79. The lowest BCUT2D eigenvalue weighted by atomic mass is 10.1. The monoisotopic (exact) mass is 270 g/mol. The summed E-state index contributed by atoms with van der Waals surface area (Å²) in [6, 6.07) is 3.44. The first-order valence-electron chi connectivity index (χ1n) is 6.41. The van der Waals surface area contributed by atoms with Crippen LogP contribution < -0.4 is 4.74 Å². The van der Waals surface area contributed by atoms with Crippen molar-refractivity contribution in [3.8, 4) is 5.88 Å². The first kappa shape index (κ1) is 13.6. The van der Waals surface area contributed by atoms with Crippen LogP contribution in [0.15, 0.2) is 12.1 Å². The minimum absolute atomic E-state index is 0.165. The van der Waals surface area contributed by atoms with E-state index in [4.69, 9.17) is 21.4 Å². The Hall–Kier alpha value is -0.840. The van der Waals surface area contributed by atoms with Crippen LogP contribution in [0.3, 0.4) is 0 Å². The van der Waals surface area contributed by atoms with Crippen molar-refractivity contribution in [2.24, 2.45) is 0 Å². The van der Waals surface area contributed by atoms with Gasteiger partial charge >= 0.3 is 0 Å². The summed E-state index contributed by atoms with van der Waals surface area (Å²) in [5, 5.41) is 9.53. The van der Waals surface area contributed by atoms with Gasteiger partial charge in [-0.25, -0.2) is 4.98 Å². The van der Waals surface area contributed by atoms with Gasteiger partial charge in [0.2, 0.25) is 5.88 Å². The summed E-state index contributed by atoms with van der Waals surface area (Å²) in [6.45, 7) is 3.72. The number of aliphatic hydroxyl groups is 1. The minimum Gasteiger partial charge on any atom is -0.476 e. The zero-order valence-electron chi connectivity index (χ0n) is 10.4. The van der Waals surface area contributed by atoms with Crippen LogP contribution in [0, 0.1) is 0 Å². The van der Waals surface area contributed by atoms with Gasteiger partial charge in [0.05, 0.1) is 17.3 Å². The molecule has 4 nitrogen and oxygen atoms in total. The Morgan fingerprint density at radius 3 is 2.78 bits per heavy atom. The molecular formula is C13H19ClN2O2. The number of halogens is 1. The van der Waals surface area contributed by atoms with E-state index in [0.29, 0.717) is 23.2 Å². The molecule has 1 aliphatic rings. The van der Waals surface area contributed by atoms with Crippen molar-refractivity contribution in [1.29, 1.82) is 0 Å². The molecule has 0 bridgehead atoms. The summed E-state index contributed by atoms with van der Waals surface area (Å²) in [4.78, 5) is 6.56. The topological polar surface area (TPSA) is 45.6 Å². The quantitative estimate of drug-likeness (QED) is 0.890. The number of likely N-dealkylation sites (tertiary alicyclic amines) is 1. The highest BCUT2D eigenvalue weighted by Crippen LogP contribution is 2.18. The lowest BCUT2D eigenvalue weighted by Gasteiger charge is -2.26. The van der Waals surface area contributed by atoms with Crippen LogP contribution in [0.25, 0.3) is 0 Å². The molecule has 0 saturated carbocycles. The highest BCUT2D eigenvalue weighted by molar-refractivity contribution is 6.31. The molecule has 100 valence electrons. The number of aliphatic hydroxyl groups excluding tert-OH is 1. The number of hydrogen-bond donors (Lipinski definition) is 1. The number of aromatic nitrogens is 1. The van der Waals surface area contributed by atoms with E-state index >= 15 is 0 Å². The molecule has 0 amide bonds. The van der Waals surface area contributed by atoms with Gasteiger partial charge < -0.3 is 9.84 Å². The fourth-order valence-corrected chi connectivity index (χ4v) is 2.28. The van der Waals surface area contributed by atoms with Gasteiger partial charge in [-0.15, -0.1) is 0 Å². The second-order valence-corrected chi connectivity index (χ2v) is 4.89. The molecule has 5 heteroatoms. The number of nitrogens with zero attached hydrogens (tertiary/aromatic N) is 2. The fourth-order valence-electron chi connectivity index (χ4n) is 2.12. The van der Waals surface area contributed by atoms with Crippen LogP contribution in [-0.2, 0) is 6.61 Å². The van der Waals surface area contributed by atoms with E-state index < -0.39 is 0 Å². The average Bonchev–Trinajstić information content (AvgIpc) is 2.42. The SMILES string of the molecule is OCc1nc(OCCN2CCCCC2)ccc1Cl. The summed E-state index contributed by atoms with van der Waals surface area (Å²) >= 11 is 5.87. The van der Waals surface area contributed by atoms with E-state index in [-0.39, 0.29) is 6.61 Å². The maximum absolute atomic E-state index is 9.06. The first-order chi connectivity index (χ1) is 8.79. The Kier molecular flexibility index (Phi) is 5.23. The highest BCUT2D eigenvalue weighted by atomic mass is 35.5. The number of pyridine rings is 1. The Morgan fingerprint density at radius 2 is 2.06 bits per heavy atom. The Labute approximate surface area is 113 Å². The maximum atomic E-state index is 9.06. The second-order valence-electron chi connectivity index (χ2n) is 4.49. The average molecular weight is 271 g/mol. The summed E-state index contributed by atoms with van der Waals surface area (Å²) in [5.74, 6) is 0.528. The largest absolute Gasteiger partial charge is 0.476 e. The van der Waals surface area contributed by atoms with Crippen LogP contribution in [0.5, 0.6) is 5.88 Å². The molecule has 1 aromatic heterocycles. The number of hydrogen-bond acceptors (Lipinski definition) is 4. The Morgan fingerprint density at radius 1 is 1.28 bits per heavy atom. The fraction of sp³-hybridized carbons (Fsp3) is 0.615. The molecule has 2 heterocycles. The molecule has 0 radical (unpaired) electrons. The third kappa shape index (κ3) is 3.83. The summed E-state index contributed by atoms with van der Waals surface area (Å²) in [7, 11) is 0. The van der Waals surface area contributed by atoms with Gasteiger partial charge in [0.15, 0.2) is 0 Å². The maximum Gasteiger partial charge on any atom is 0.213 e. The van der Waals surface area contributed by atoms with Crippen molar-refractivity contribution in [2.45, 2.75) is 25.9 Å². The lowest BCUT2D eigenvalue weighted by Crippen LogP contribution is -2.33. The van der Waals surface area contributed by atoms with Crippen molar-refractivity contribution in [3.05, 3.63) is 22.8 Å². The zero-order valence-corrected chi connectivity index (χ0v) is 11.2. The van der Waals surface area contributed by atoms with Crippen LogP contribution in [0.4, 0.5) is 0 Å². The molecule has 0 spiro atoms. The molecule has 1 fully saturated rings. The van der Waals surface area contributed by atoms with Crippen LogP contribution in [-0.4, -0.2) is 41.2 Å². The number of ether oxygens (including phenoxy) is 1. The van der Waals surface area contributed by atoms with E-state index in [0.717, 1.165) is 6.54 Å². The third-order valence-electron chi connectivity index (χ3n) is 3.15. The molecular weight excluding hydrogens is 252 g/mol. The van der Waals surface area contributed by atoms with Crippen molar-refractivity contribution < 1.29 is 9.84 Å². The van der Waals surface area contributed by atoms with Gasteiger partial charge in [0, 0.05) is 12.6 Å². The molecule has 0 aliphatic carbocycles. The van der Waals surface area contributed by atoms with E-state index in [9.17, 15) is 0 Å². The standard InChI is InChI=1S/C13H19ClN2O2/c14-11-4-5-13(15-12(11)10-17)18-9-8-16-6-2-1-3-7-16/h4-5,17H,1-3,6-10H2. The smallest absolute Gasteiger partial charge is 0.213 e. The second kappa shape index (κ2) is 6.92. The van der Waals surface area contributed by atoms with Gasteiger partial charge in [0.25, 0.3) is 0 Å². The number of rotatable bonds is 5. The van der Waals surface area contributed by atoms with Crippen LogP contribution >= 0.6 is 11.6 Å². The minimum atomic E-state index is -0.165. The van der Waals surface area contributed by atoms with Crippen molar-refractivity contribution in [3.63, 3.8) is 0 Å². The van der Waals surface area contributed by atoms with E-state index in [1.165, 1.54) is 32.4 Å². The van der Waals surface area contributed by atoms with Gasteiger partial charge in [0.1, 0.15) is 6.61 Å². The summed E-state index contributed by atoms with van der Waals surface area (Å²) < 4.78 is 5.58.